The predicted octanol–water partition coefficient (Wildman–Crippen LogP) is 6.16. The van der Waals surface area contributed by atoms with Crippen LogP contribution in [-0.2, 0) is 0 Å². The molecule has 138 valence electrons. The molecule has 0 spiro atoms. The minimum atomic E-state index is -0.0685. The van der Waals surface area contributed by atoms with Gasteiger partial charge in [0.2, 0.25) is 0 Å². The standard InChI is InChI=1S/C20H22Cl2N2OS/c1-19(2)7-12-8-20(3,11-19)24(9-12)18(25)15-10-26-17(23-15)13-5-4-6-14(21)16(13)22/h4-6,10,12H,7-9,11H2,1-3H3/t12-,20-/m1/s1. The minimum absolute atomic E-state index is 0.0355. The van der Waals surface area contributed by atoms with Crippen molar-refractivity contribution < 1.29 is 4.79 Å². The van der Waals surface area contributed by atoms with Crippen LogP contribution in [0.4, 0.5) is 0 Å². The van der Waals surface area contributed by atoms with Gasteiger partial charge < -0.3 is 4.90 Å². The SMILES string of the molecule is CC1(C)C[C@H]2CN(C(=O)c3csc(-c4cccc(Cl)c4Cl)n3)[C@](C)(C2)C1. The van der Waals surface area contributed by atoms with Gasteiger partial charge in [-0.1, -0.05) is 49.2 Å². The zero-order valence-corrected chi connectivity index (χ0v) is 17.5. The minimum Gasteiger partial charge on any atom is -0.332 e. The highest BCUT2D eigenvalue weighted by molar-refractivity contribution is 7.13. The fraction of sp³-hybridized carbons (Fsp3) is 0.500. The first-order valence-corrected chi connectivity index (χ1v) is 10.5. The van der Waals surface area contributed by atoms with Crippen molar-refractivity contribution in [1.29, 1.82) is 0 Å². The molecule has 1 aliphatic heterocycles. The summed E-state index contributed by atoms with van der Waals surface area (Å²) in [5.41, 5.74) is 1.50. The van der Waals surface area contributed by atoms with Gasteiger partial charge in [-0.25, -0.2) is 4.98 Å². The average Bonchev–Trinajstić information content (AvgIpc) is 3.11. The third-order valence-electron chi connectivity index (χ3n) is 5.67. The molecule has 2 aliphatic rings. The van der Waals surface area contributed by atoms with Gasteiger partial charge in [0.1, 0.15) is 10.7 Å². The van der Waals surface area contributed by atoms with E-state index in [2.05, 4.69) is 30.7 Å². The highest BCUT2D eigenvalue weighted by Crippen LogP contribution is 2.51. The van der Waals surface area contributed by atoms with E-state index < -0.39 is 0 Å². The molecule has 1 saturated heterocycles. The second-order valence-electron chi connectivity index (χ2n) is 8.67. The molecule has 1 aromatic heterocycles. The fourth-order valence-electron chi connectivity index (χ4n) is 5.10. The van der Waals surface area contributed by atoms with Crippen molar-refractivity contribution in [3.8, 4) is 10.6 Å². The second kappa shape index (κ2) is 6.22. The average molecular weight is 409 g/mol. The number of hydrogen-bond donors (Lipinski definition) is 0. The third kappa shape index (κ3) is 3.06. The van der Waals surface area contributed by atoms with Gasteiger partial charge in [-0.15, -0.1) is 11.3 Å². The van der Waals surface area contributed by atoms with Gasteiger partial charge in [0.25, 0.3) is 5.91 Å². The van der Waals surface area contributed by atoms with Crippen molar-refractivity contribution >= 4 is 40.4 Å². The van der Waals surface area contributed by atoms with Crippen LogP contribution >= 0.6 is 34.5 Å². The lowest BCUT2D eigenvalue weighted by molar-refractivity contribution is 0.0505. The molecular weight excluding hydrogens is 387 g/mol. The zero-order valence-electron chi connectivity index (χ0n) is 15.2. The molecular formula is C20H22Cl2N2OS. The summed E-state index contributed by atoms with van der Waals surface area (Å²) in [6.45, 7) is 7.69. The Labute approximate surface area is 168 Å². The maximum atomic E-state index is 13.2. The smallest absolute Gasteiger partial charge is 0.273 e. The maximum Gasteiger partial charge on any atom is 0.273 e. The summed E-state index contributed by atoms with van der Waals surface area (Å²) in [5, 5.41) is 3.54. The summed E-state index contributed by atoms with van der Waals surface area (Å²) in [7, 11) is 0. The molecule has 1 aromatic carbocycles. The first-order chi connectivity index (χ1) is 12.2. The first-order valence-electron chi connectivity index (χ1n) is 8.90. The lowest BCUT2D eigenvalue weighted by Crippen LogP contribution is -2.47. The molecule has 1 saturated carbocycles. The van der Waals surface area contributed by atoms with Gasteiger partial charge in [-0.3, -0.25) is 4.79 Å². The molecule has 1 aliphatic carbocycles. The number of aromatic nitrogens is 1. The van der Waals surface area contributed by atoms with Crippen molar-refractivity contribution in [2.75, 3.05) is 6.54 Å². The van der Waals surface area contributed by atoms with E-state index in [1.54, 1.807) is 6.07 Å². The molecule has 2 fully saturated rings. The van der Waals surface area contributed by atoms with Crippen LogP contribution < -0.4 is 0 Å². The molecule has 2 bridgehead atoms. The predicted molar refractivity (Wildman–Crippen MR) is 108 cm³/mol. The Balaban J connectivity index is 1.62. The Kier molecular flexibility index (Phi) is 4.37. The van der Waals surface area contributed by atoms with Gasteiger partial charge in [0.15, 0.2) is 0 Å². The molecule has 2 heterocycles. The van der Waals surface area contributed by atoms with Crippen LogP contribution in [0.5, 0.6) is 0 Å². The van der Waals surface area contributed by atoms with Crippen LogP contribution in [0.15, 0.2) is 23.6 Å². The van der Waals surface area contributed by atoms with Gasteiger partial charge in [0, 0.05) is 23.0 Å². The van der Waals surface area contributed by atoms with Crippen LogP contribution in [0, 0.1) is 11.3 Å². The van der Waals surface area contributed by atoms with Crippen LogP contribution in [0.1, 0.15) is 50.5 Å². The molecule has 26 heavy (non-hydrogen) atoms. The number of hydrogen-bond acceptors (Lipinski definition) is 3. The lowest BCUT2D eigenvalue weighted by Gasteiger charge is -2.43. The summed E-state index contributed by atoms with van der Waals surface area (Å²) in [6, 6.07) is 5.48. The number of carbonyl (C=O) groups is 1. The van der Waals surface area contributed by atoms with E-state index in [1.807, 2.05) is 17.5 Å². The molecule has 0 radical (unpaired) electrons. The lowest BCUT2D eigenvalue weighted by atomic mass is 9.67. The third-order valence-corrected chi connectivity index (χ3v) is 7.37. The van der Waals surface area contributed by atoms with E-state index >= 15 is 0 Å². The fourth-order valence-corrected chi connectivity index (χ4v) is 6.37. The number of fused-ring (bicyclic) bond motifs is 2. The van der Waals surface area contributed by atoms with Crippen LogP contribution in [0.25, 0.3) is 10.6 Å². The largest absolute Gasteiger partial charge is 0.332 e. The number of carbonyl (C=O) groups excluding carboxylic acids is 1. The normalized spacial score (nSPS) is 27.0. The number of benzene rings is 1. The second-order valence-corrected chi connectivity index (χ2v) is 10.3. The van der Waals surface area contributed by atoms with Crippen molar-refractivity contribution in [1.82, 2.24) is 9.88 Å². The maximum absolute atomic E-state index is 13.2. The number of rotatable bonds is 2. The van der Waals surface area contributed by atoms with E-state index in [9.17, 15) is 4.79 Å². The van der Waals surface area contributed by atoms with Crippen LogP contribution in [0.2, 0.25) is 10.0 Å². The summed E-state index contributed by atoms with van der Waals surface area (Å²) < 4.78 is 0. The van der Waals surface area contributed by atoms with Gasteiger partial charge in [-0.05, 0) is 43.6 Å². The molecule has 0 unspecified atom stereocenters. The van der Waals surface area contributed by atoms with E-state index in [0.717, 1.165) is 30.0 Å². The Hall–Kier alpha value is -1.10. The van der Waals surface area contributed by atoms with E-state index in [1.165, 1.54) is 17.8 Å². The van der Waals surface area contributed by atoms with Crippen LogP contribution in [-0.4, -0.2) is 27.9 Å². The Bertz CT molecular complexity index is 878. The van der Waals surface area contributed by atoms with Crippen molar-refractivity contribution in [2.24, 2.45) is 11.3 Å². The van der Waals surface area contributed by atoms with E-state index in [-0.39, 0.29) is 16.9 Å². The van der Waals surface area contributed by atoms with E-state index in [0.29, 0.717) is 21.7 Å². The highest BCUT2D eigenvalue weighted by Gasteiger charge is 2.52. The molecule has 2 aromatic rings. The van der Waals surface area contributed by atoms with Crippen molar-refractivity contribution in [3.63, 3.8) is 0 Å². The number of halogens is 2. The van der Waals surface area contributed by atoms with Crippen LogP contribution in [0.3, 0.4) is 0 Å². The zero-order chi connectivity index (χ0) is 18.7. The molecule has 2 atom stereocenters. The van der Waals surface area contributed by atoms with Crippen molar-refractivity contribution in [2.45, 2.75) is 45.6 Å². The summed E-state index contributed by atoms with van der Waals surface area (Å²) in [6.07, 6.45) is 3.32. The number of thiazole rings is 1. The number of likely N-dealkylation sites (tertiary alicyclic amines) is 1. The summed E-state index contributed by atoms with van der Waals surface area (Å²) in [4.78, 5) is 19.9. The number of nitrogens with zero attached hydrogens (tertiary/aromatic N) is 2. The Morgan fingerprint density at radius 2 is 2.04 bits per heavy atom. The van der Waals surface area contributed by atoms with Gasteiger partial charge >= 0.3 is 0 Å². The molecule has 0 N–H and O–H groups in total. The Morgan fingerprint density at radius 3 is 2.81 bits per heavy atom. The first kappa shape index (κ1) is 18.3. The quantitative estimate of drug-likeness (QED) is 0.595. The van der Waals surface area contributed by atoms with Gasteiger partial charge in [-0.2, -0.15) is 0 Å². The van der Waals surface area contributed by atoms with E-state index in [4.69, 9.17) is 23.2 Å². The molecule has 1 amide bonds. The van der Waals surface area contributed by atoms with Gasteiger partial charge in [0.05, 0.1) is 10.0 Å². The number of amides is 1. The molecule has 3 nitrogen and oxygen atoms in total. The van der Waals surface area contributed by atoms with Crippen molar-refractivity contribution in [3.05, 3.63) is 39.3 Å². The highest BCUT2D eigenvalue weighted by atomic mass is 35.5. The summed E-state index contributed by atoms with van der Waals surface area (Å²) in [5.74, 6) is 0.626. The molecule has 4 rings (SSSR count). The topological polar surface area (TPSA) is 33.2 Å². The Morgan fingerprint density at radius 1 is 1.27 bits per heavy atom. The monoisotopic (exact) mass is 408 g/mol. The summed E-state index contributed by atoms with van der Waals surface area (Å²) >= 11 is 13.9. The molecule has 6 heteroatoms.